The van der Waals surface area contributed by atoms with Crippen molar-refractivity contribution in [3.8, 4) is 0 Å². The van der Waals surface area contributed by atoms with Crippen LogP contribution in [0.25, 0.3) is 0 Å². The van der Waals surface area contributed by atoms with Crippen molar-refractivity contribution in [2.45, 2.75) is 0 Å². The Labute approximate surface area is 101 Å². The highest BCUT2D eigenvalue weighted by Crippen LogP contribution is 2.19. The molecular weight excluding hydrogens is 275 g/mol. The van der Waals surface area contributed by atoms with Gasteiger partial charge in [-0.25, -0.2) is 4.98 Å². The lowest BCUT2D eigenvalue weighted by molar-refractivity contribution is 1.31. The summed E-state index contributed by atoms with van der Waals surface area (Å²) in [6, 6.07) is 13.3. The van der Waals surface area contributed by atoms with Gasteiger partial charge in [-0.2, -0.15) is 0 Å². The molecule has 4 heteroatoms. The van der Waals surface area contributed by atoms with Crippen molar-refractivity contribution in [3.05, 3.63) is 52.1 Å². The van der Waals surface area contributed by atoms with Crippen LogP contribution < -0.4 is 5.32 Å². The molecule has 0 aliphatic heterocycles. The molecule has 0 bridgehead atoms. The first-order valence-corrected chi connectivity index (χ1v) is 5.56. The van der Waals surface area contributed by atoms with E-state index < -0.39 is 0 Å². The number of aromatic nitrogens is 1. The van der Waals surface area contributed by atoms with Crippen LogP contribution in [0.15, 0.2) is 46.9 Å². The topological polar surface area (TPSA) is 24.9 Å². The monoisotopic (exact) mass is 282 g/mol. The second-order valence-electron chi connectivity index (χ2n) is 2.98. The molecule has 0 aliphatic carbocycles. The second-order valence-corrected chi connectivity index (χ2v) is 4.28. The lowest BCUT2D eigenvalue weighted by atomic mass is 10.3. The zero-order chi connectivity index (χ0) is 10.7. The molecule has 0 saturated heterocycles. The molecule has 2 aromatic rings. The molecular formula is C11H8BrClN2. The summed E-state index contributed by atoms with van der Waals surface area (Å²) in [5.74, 6) is 0.737. The number of benzene rings is 1. The first-order valence-electron chi connectivity index (χ1n) is 4.39. The summed E-state index contributed by atoms with van der Waals surface area (Å²) in [5.41, 5.74) is 0.971. The van der Waals surface area contributed by atoms with E-state index >= 15 is 0 Å². The highest BCUT2D eigenvalue weighted by atomic mass is 79.9. The van der Waals surface area contributed by atoms with Crippen molar-refractivity contribution in [1.29, 1.82) is 0 Å². The van der Waals surface area contributed by atoms with Gasteiger partial charge >= 0.3 is 0 Å². The summed E-state index contributed by atoms with van der Waals surface area (Å²) in [5, 5.41) is 3.64. The summed E-state index contributed by atoms with van der Waals surface area (Å²) < 4.78 is 1.02. The van der Waals surface area contributed by atoms with Crippen molar-refractivity contribution in [2.24, 2.45) is 0 Å². The lowest BCUT2D eigenvalue weighted by Crippen LogP contribution is -1.92. The Morgan fingerprint density at radius 2 is 1.93 bits per heavy atom. The van der Waals surface area contributed by atoms with Crippen LogP contribution in [0.1, 0.15) is 0 Å². The highest BCUT2D eigenvalue weighted by Gasteiger charge is 1.97. The van der Waals surface area contributed by atoms with Crippen LogP contribution in [-0.4, -0.2) is 4.98 Å². The lowest BCUT2D eigenvalue weighted by Gasteiger charge is -2.05. The fraction of sp³-hybridized carbons (Fsp3) is 0. The molecule has 0 atom stereocenters. The number of rotatable bonds is 2. The van der Waals surface area contributed by atoms with E-state index in [1.54, 1.807) is 6.07 Å². The van der Waals surface area contributed by atoms with Gasteiger partial charge in [-0.05, 0) is 30.3 Å². The normalized spacial score (nSPS) is 10.0. The molecule has 2 nitrogen and oxygen atoms in total. The van der Waals surface area contributed by atoms with Gasteiger partial charge in [0.15, 0.2) is 0 Å². The molecule has 15 heavy (non-hydrogen) atoms. The van der Waals surface area contributed by atoms with Gasteiger partial charge in [-0.3, -0.25) is 0 Å². The second kappa shape index (κ2) is 4.64. The number of nitrogens with zero attached hydrogens (tertiary/aromatic N) is 1. The molecule has 0 aliphatic rings. The Balaban J connectivity index is 2.22. The maximum Gasteiger partial charge on any atom is 0.132 e. The van der Waals surface area contributed by atoms with Crippen molar-refractivity contribution in [3.63, 3.8) is 0 Å². The van der Waals surface area contributed by atoms with Crippen molar-refractivity contribution in [2.75, 3.05) is 5.32 Å². The van der Waals surface area contributed by atoms with Crippen LogP contribution in [0.2, 0.25) is 5.15 Å². The number of hydrogen-bond donors (Lipinski definition) is 1. The summed E-state index contributed by atoms with van der Waals surface area (Å²) in [7, 11) is 0. The predicted octanol–water partition coefficient (Wildman–Crippen LogP) is 4.24. The quantitative estimate of drug-likeness (QED) is 0.834. The van der Waals surface area contributed by atoms with Gasteiger partial charge in [0, 0.05) is 10.2 Å². The van der Waals surface area contributed by atoms with Crippen LogP contribution in [0, 0.1) is 0 Å². The van der Waals surface area contributed by atoms with E-state index in [2.05, 4.69) is 26.2 Å². The maximum absolute atomic E-state index is 5.78. The molecule has 1 heterocycles. The summed E-state index contributed by atoms with van der Waals surface area (Å²) in [4.78, 5) is 4.14. The van der Waals surface area contributed by atoms with Gasteiger partial charge in [-0.1, -0.05) is 39.7 Å². The third-order valence-corrected chi connectivity index (χ3v) is 2.52. The standard InChI is InChI=1S/C11H8BrClN2/c12-8-3-1-4-9(7-8)14-11-6-2-5-10(13)15-11/h1-7H,(H,14,15). The number of hydrogen-bond acceptors (Lipinski definition) is 2. The predicted molar refractivity (Wildman–Crippen MR) is 66.7 cm³/mol. The maximum atomic E-state index is 5.78. The molecule has 0 spiro atoms. The van der Waals surface area contributed by atoms with Gasteiger partial charge in [0.2, 0.25) is 0 Å². The summed E-state index contributed by atoms with van der Waals surface area (Å²) in [6.07, 6.45) is 0. The van der Waals surface area contributed by atoms with E-state index in [0.29, 0.717) is 5.15 Å². The Morgan fingerprint density at radius 3 is 2.67 bits per heavy atom. The Hall–Kier alpha value is -1.06. The Bertz CT molecular complexity index is 430. The van der Waals surface area contributed by atoms with Gasteiger partial charge in [0.05, 0.1) is 0 Å². The summed E-state index contributed by atoms with van der Waals surface area (Å²) in [6.45, 7) is 0. The van der Waals surface area contributed by atoms with Crippen molar-refractivity contribution < 1.29 is 0 Å². The average Bonchev–Trinajstić information content (AvgIpc) is 2.17. The van der Waals surface area contributed by atoms with E-state index in [0.717, 1.165) is 16.0 Å². The molecule has 1 N–H and O–H groups in total. The van der Waals surface area contributed by atoms with E-state index in [1.807, 2.05) is 36.4 Å². The molecule has 2 rings (SSSR count). The van der Waals surface area contributed by atoms with Gasteiger partial charge in [0.1, 0.15) is 11.0 Å². The van der Waals surface area contributed by atoms with Crippen LogP contribution in [0.3, 0.4) is 0 Å². The number of pyridine rings is 1. The molecule has 1 aromatic heterocycles. The Kier molecular flexibility index (Phi) is 3.23. The minimum atomic E-state index is 0.481. The van der Waals surface area contributed by atoms with Crippen molar-refractivity contribution >= 4 is 39.0 Å². The van der Waals surface area contributed by atoms with Gasteiger partial charge < -0.3 is 5.32 Å². The minimum absolute atomic E-state index is 0.481. The smallest absolute Gasteiger partial charge is 0.132 e. The van der Waals surface area contributed by atoms with Crippen molar-refractivity contribution in [1.82, 2.24) is 4.98 Å². The fourth-order valence-corrected chi connectivity index (χ4v) is 1.76. The molecule has 0 unspecified atom stereocenters. The molecule has 0 saturated carbocycles. The van der Waals surface area contributed by atoms with E-state index in [9.17, 15) is 0 Å². The fourth-order valence-electron chi connectivity index (χ4n) is 1.19. The van der Waals surface area contributed by atoms with E-state index in [4.69, 9.17) is 11.6 Å². The molecule has 0 amide bonds. The molecule has 0 fully saturated rings. The largest absolute Gasteiger partial charge is 0.340 e. The minimum Gasteiger partial charge on any atom is -0.340 e. The molecule has 76 valence electrons. The number of nitrogens with one attached hydrogen (secondary N) is 1. The average molecular weight is 284 g/mol. The van der Waals surface area contributed by atoms with Crippen LogP contribution >= 0.6 is 27.5 Å². The molecule has 1 aromatic carbocycles. The third-order valence-electron chi connectivity index (χ3n) is 1.81. The number of anilines is 2. The van der Waals surface area contributed by atoms with E-state index in [-0.39, 0.29) is 0 Å². The van der Waals surface area contributed by atoms with Gasteiger partial charge in [-0.15, -0.1) is 0 Å². The number of halogens is 2. The first kappa shape index (κ1) is 10.5. The first-order chi connectivity index (χ1) is 7.24. The van der Waals surface area contributed by atoms with Gasteiger partial charge in [0.25, 0.3) is 0 Å². The van der Waals surface area contributed by atoms with E-state index in [1.165, 1.54) is 0 Å². The van der Waals surface area contributed by atoms with Crippen LogP contribution in [-0.2, 0) is 0 Å². The Morgan fingerprint density at radius 1 is 1.13 bits per heavy atom. The zero-order valence-corrected chi connectivity index (χ0v) is 10.1. The molecule has 0 radical (unpaired) electrons. The summed E-state index contributed by atoms with van der Waals surface area (Å²) >= 11 is 9.19. The SMILES string of the molecule is Clc1cccc(Nc2cccc(Br)c2)n1. The zero-order valence-electron chi connectivity index (χ0n) is 7.74. The highest BCUT2D eigenvalue weighted by molar-refractivity contribution is 9.10. The van der Waals surface area contributed by atoms with Crippen LogP contribution in [0.4, 0.5) is 11.5 Å². The van der Waals surface area contributed by atoms with Crippen LogP contribution in [0.5, 0.6) is 0 Å². The third kappa shape index (κ3) is 2.94.